The Labute approximate surface area is 93.8 Å². The highest BCUT2D eigenvalue weighted by Crippen LogP contribution is 2.25. The van der Waals surface area contributed by atoms with E-state index in [4.69, 9.17) is 0 Å². The van der Waals surface area contributed by atoms with Gasteiger partial charge in [-0.25, -0.2) is 4.98 Å². The van der Waals surface area contributed by atoms with E-state index in [1.165, 1.54) is 0 Å². The van der Waals surface area contributed by atoms with Crippen LogP contribution in [0.5, 0.6) is 0 Å². The number of aromatic nitrogens is 2. The van der Waals surface area contributed by atoms with Crippen molar-refractivity contribution in [3.05, 3.63) is 30.3 Å². The lowest BCUT2D eigenvalue weighted by Gasteiger charge is -2.01. The summed E-state index contributed by atoms with van der Waals surface area (Å²) < 4.78 is 1.92. The topological polar surface area (TPSA) is 17.8 Å². The maximum atomic E-state index is 4.33. The maximum Gasteiger partial charge on any atom is 0.141 e. The molecule has 0 aliphatic heterocycles. The minimum absolute atomic E-state index is 0.662. The molecule has 1 heterocycles. The Bertz CT molecular complexity index is 449. The lowest BCUT2D eigenvalue weighted by atomic mass is 10.2. The van der Waals surface area contributed by atoms with Crippen LogP contribution in [-0.2, 0) is 7.05 Å². The van der Waals surface area contributed by atoms with Gasteiger partial charge in [-0.05, 0) is 0 Å². The number of thiol groups is 2. The molecule has 0 aliphatic rings. The molecule has 0 spiro atoms. The highest BCUT2D eigenvalue weighted by molar-refractivity contribution is 7.83. The molecule has 2 aromatic rings. The largest absolute Gasteiger partial charge is 0.322 e. The molecular formula is C10H10N2S2. The molecule has 0 aliphatic carbocycles. The van der Waals surface area contributed by atoms with E-state index in [9.17, 15) is 0 Å². The molecule has 72 valence electrons. The Hall–Kier alpha value is -0.870. The predicted molar refractivity (Wildman–Crippen MR) is 63.1 cm³/mol. The number of benzene rings is 1. The first-order chi connectivity index (χ1) is 6.70. The van der Waals surface area contributed by atoms with Crippen molar-refractivity contribution >= 4 is 25.3 Å². The highest BCUT2D eigenvalue weighted by Gasteiger charge is 2.09. The Morgan fingerprint density at radius 1 is 1.14 bits per heavy atom. The monoisotopic (exact) mass is 222 g/mol. The van der Waals surface area contributed by atoms with Crippen molar-refractivity contribution in [2.24, 2.45) is 7.05 Å². The first-order valence-corrected chi connectivity index (χ1v) is 5.09. The zero-order valence-corrected chi connectivity index (χ0v) is 9.46. The standard InChI is InChI=1S/C10H10N2S2/c1-12-8(11-9(13)10(12)14)7-5-3-2-4-6-7/h2-6,13-14H,1H3. The van der Waals surface area contributed by atoms with Gasteiger partial charge in [0.2, 0.25) is 0 Å². The van der Waals surface area contributed by atoms with E-state index in [0.717, 1.165) is 16.4 Å². The smallest absolute Gasteiger partial charge is 0.141 e. The van der Waals surface area contributed by atoms with Crippen molar-refractivity contribution in [1.82, 2.24) is 9.55 Å². The maximum absolute atomic E-state index is 4.33. The third kappa shape index (κ3) is 1.55. The molecule has 14 heavy (non-hydrogen) atoms. The summed E-state index contributed by atoms with van der Waals surface area (Å²) >= 11 is 8.54. The van der Waals surface area contributed by atoms with Gasteiger partial charge in [0.25, 0.3) is 0 Å². The normalized spacial score (nSPS) is 10.5. The Morgan fingerprint density at radius 2 is 1.79 bits per heavy atom. The molecular weight excluding hydrogens is 212 g/mol. The van der Waals surface area contributed by atoms with Crippen LogP contribution in [0.2, 0.25) is 0 Å². The molecule has 0 saturated heterocycles. The van der Waals surface area contributed by atoms with Crippen LogP contribution in [0.3, 0.4) is 0 Å². The van der Waals surface area contributed by atoms with E-state index < -0.39 is 0 Å². The Kier molecular flexibility index (Phi) is 2.56. The summed E-state index contributed by atoms with van der Waals surface area (Å²) in [5.74, 6) is 0.889. The third-order valence-corrected chi connectivity index (χ3v) is 3.08. The SMILES string of the molecule is Cn1c(-c2ccccc2)nc(S)c1S. The van der Waals surface area contributed by atoms with Crippen molar-refractivity contribution in [3.8, 4) is 11.4 Å². The van der Waals surface area contributed by atoms with E-state index in [1.807, 2.05) is 41.9 Å². The van der Waals surface area contributed by atoms with Gasteiger partial charge in [0.05, 0.1) is 0 Å². The number of nitrogens with zero attached hydrogens (tertiary/aromatic N) is 2. The fourth-order valence-corrected chi connectivity index (χ4v) is 1.71. The predicted octanol–water partition coefficient (Wildman–Crippen LogP) is 2.66. The Balaban J connectivity index is 2.58. The average molecular weight is 222 g/mol. The third-order valence-electron chi connectivity index (χ3n) is 2.08. The van der Waals surface area contributed by atoms with Crippen molar-refractivity contribution < 1.29 is 0 Å². The molecule has 2 nitrogen and oxygen atoms in total. The zero-order chi connectivity index (χ0) is 10.1. The van der Waals surface area contributed by atoms with Crippen molar-refractivity contribution in [2.45, 2.75) is 10.1 Å². The van der Waals surface area contributed by atoms with E-state index in [0.29, 0.717) is 5.03 Å². The van der Waals surface area contributed by atoms with Crippen molar-refractivity contribution in [1.29, 1.82) is 0 Å². The molecule has 0 radical (unpaired) electrons. The summed E-state index contributed by atoms with van der Waals surface area (Å²) in [6.45, 7) is 0. The second-order valence-corrected chi connectivity index (χ2v) is 3.85. The van der Waals surface area contributed by atoms with Crippen molar-refractivity contribution in [2.75, 3.05) is 0 Å². The molecule has 0 bridgehead atoms. The van der Waals surface area contributed by atoms with Gasteiger partial charge >= 0.3 is 0 Å². The van der Waals surface area contributed by atoms with Crippen LogP contribution in [0.4, 0.5) is 0 Å². The van der Waals surface area contributed by atoms with Gasteiger partial charge in [0.15, 0.2) is 0 Å². The Morgan fingerprint density at radius 3 is 2.29 bits per heavy atom. The fraction of sp³-hybridized carbons (Fsp3) is 0.100. The number of imidazole rings is 1. The van der Waals surface area contributed by atoms with Crippen LogP contribution in [0.15, 0.2) is 40.4 Å². The molecule has 1 aromatic carbocycles. The summed E-state index contributed by atoms with van der Waals surface area (Å²) in [6, 6.07) is 9.99. The lowest BCUT2D eigenvalue weighted by molar-refractivity contribution is 0.820. The fourth-order valence-electron chi connectivity index (χ4n) is 1.32. The van der Waals surface area contributed by atoms with Crippen LogP contribution in [0, 0.1) is 0 Å². The van der Waals surface area contributed by atoms with Gasteiger partial charge in [-0.2, -0.15) is 0 Å². The molecule has 0 saturated carbocycles. The minimum Gasteiger partial charge on any atom is -0.322 e. The lowest BCUT2D eigenvalue weighted by Crippen LogP contribution is -1.92. The zero-order valence-electron chi connectivity index (χ0n) is 7.68. The van der Waals surface area contributed by atoms with E-state index in [2.05, 4.69) is 30.2 Å². The van der Waals surface area contributed by atoms with Crippen LogP contribution in [0.25, 0.3) is 11.4 Å². The summed E-state index contributed by atoms with van der Waals surface area (Å²) in [5.41, 5.74) is 1.07. The van der Waals surface area contributed by atoms with Gasteiger partial charge in [-0.1, -0.05) is 30.3 Å². The first kappa shape index (κ1) is 9.68. The minimum atomic E-state index is 0.662. The second-order valence-electron chi connectivity index (χ2n) is 3.01. The summed E-state index contributed by atoms with van der Waals surface area (Å²) in [7, 11) is 1.93. The van der Waals surface area contributed by atoms with E-state index >= 15 is 0 Å². The van der Waals surface area contributed by atoms with Crippen molar-refractivity contribution in [3.63, 3.8) is 0 Å². The first-order valence-electron chi connectivity index (χ1n) is 4.20. The van der Waals surface area contributed by atoms with Gasteiger partial charge < -0.3 is 4.57 Å². The summed E-state index contributed by atoms with van der Waals surface area (Å²) in [4.78, 5) is 4.33. The number of hydrogen-bond donors (Lipinski definition) is 2. The quantitative estimate of drug-likeness (QED) is 0.710. The molecule has 2 rings (SSSR count). The molecule has 0 atom stereocenters. The number of hydrogen-bond acceptors (Lipinski definition) is 3. The number of rotatable bonds is 1. The van der Waals surface area contributed by atoms with Crippen LogP contribution < -0.4 is 0 Å². The van der Waals surface area contributed by atoms with Crippen LogP contribution in [0.1, 0.15) is 0 Å². The molecule has 0 amide bonds. The molecule has 0 unspecified atom stereocenters. The molecule has 4 heteroatoms. The molecule has 1 aromatic heterocycles. The summed E-state index contributed by atoms with van der Waals surface area (Å²) in [6.07, 6.45) is 0. The summed E-state index contributed by atoms with van der Waals surface area (Å²) in [5, 5.41) is 1.45. The second kappa shape index (κ2) is 3.71. The van der Waals surface area contributed by atoms with Gasteiger partial charge in [0, 0.05) is 12.6 Å². The van der Waals surface area contributed by atoms with Gasteiger partial charge in [0.1, 0.15) is 15.9 Å². The molecule has 0 fully saturated rings. The van der Waals surface area contributed by atoms with E-state index in [-0.39, 0.29) is 0 Å². The highest BCUT2D eigenvalue weighted by atomic mass is 32.1. The van der Waals surface area contributed by atoms with Crippen LogP contribution in [-0.4, -0.2) is 9.55 Å². The van der Waals surface area contributed by atoms with Crippen LogP contribution >= 0.6 is 25.3 Å². The van der Waals surface area contributed by atoms with Gasteiger partial charge in [-0.3, -0.25) is 0 Å². The van der Waals surface area contributed by atoms with E-state index in [1.54, 1.807) is 0 Å². The van der Waals surface area contributed by atoms with Gasteiger partial charge in [-0.15, -0.1) is 25.3 Å². The average Bonchev–Trinajstić information content (AvgIpc) is 2.47. The molecule has 0 N–H and O–H groups in total.